The predicted octanol–water partition coefficient (Wildman–Crippen LogP) is 2.44. The van der Waals surface area contributed by atoms with Gasteiger partial charge in [0.15, 0.2) is 0 Å². The van der Waals surface area contributed by atoms with Crippen molar-refractivity contribution in [1.29, 1.82) is 0 Å². The van der Waals surface area contributed by atoms with Gasteiger partial charge < -0.3 is 5.11 Å². The molecule has 0 spiro atoms. The minimum atomic E-state index is -2.97. The third-order valence-electron chi connectivity index (χ3n) is 1.63. The quantitative estimate of drug-likeness (QED) is 0.881. The lowest BCUT2D eigenvalue weighted by atomic mass is 10.1. The van der Waals surface area contributed by atoms with Crippen LogP contribution in [0.1, 0.15) is 17.7 Å². The highest BCUT2D eigenvalue weighted by Gasteiger charge is 2.21. The van der Waals surface area contributed by atoms with E-state index in [-0.39, 0.29) is 0 Å². The number of aromatic nitrogens is 1. The van der Waals surface area contributed by atoms with Gasteiger partial charge in [-0.2, -0.15) is 0 Å². The fourth-order valence-corrected chi connectivity index (χ4v) is 1.27. The molecule has 15 heavy (non-hydrogen) atoms. The minimum Gasteiger partial charge on any atom is -0.481 e. The number of hydrogen-bond acceptors (Lipinski definition) is 2. The number of alkyl halides is 2. The van der Waals surface area contributed by atoms with Gasteiger partial charge in [-0.3, -0.25) is 9.78 Å². The molecule has 0 aliphatic carbocycles. The van der Waals surface area contributed by atoms with Gasteiger partial charge in [0, 0.05) is 5.56 Å². The van der Waals surface area contributed by atoms with Crippen LogP contribution in [-0.4, -0.2) is 16.1 Å². The zero-order valence-corrected chi connectivity index (χ0v) is 7.93. The lowest BCUT2D eigenvalue weighted by molar-refractivity contribution is -0.136. The fraction of sp³-hybridized carbons (Fsp3) is 0.250. The first-order valence-electron chi connectivity index (χ1n) is 3.76. The molecule has 0 saturated carbocycles. The van der Waals surface area contributed by atoms with E-state index in [0.717, 1.165) is 0 Å². The van der Waals surface area contributed by atoms with Crippen LogP contribution in [-0.2, 0) is 11.2 Å². The van der Waals surface area contributed by atoms with Gasteiger partial charge in [-0.05, 0) is 0 Å². The molecule has 0 aromatic carbocycles. The highest BCUT2D eigenvalue weighted by atomic mass is 35.5. The molecule has 0 radical (unpaired) electrons. The summed E-state index contributed by atoms with van der Waals surface area (Å²) in [5.41, 5.74) is -1.29. The van der Waals surface area contributed by atoms with Crippen molar-refractivity contribution in [2.24, 2.45) is 0 Å². The van der Waals surface area contributed by atoms with Crippen molar-refractivity contribution in [2.75, 3.05) is 0 Å². The fourth-order valence-electron chi connectivity index (χ4n) is 0.986. The van der Waals surface area contributed by atoms with Crippen LogP contribution in [0.3, 0.4) is 0 Å². The Bertz CT molecular complexity index is 398. The molecule has 0 aliphatic heterocycles. The monoisotopic (exact) mass is 239 g/mol. The Morgan fingerprint density at radius 2 is 2.20 bits per heavy atom. The number of carboxylic acid groups (broad SMARTS) is 1. The highest BCUT2D eigenvalue weighted by Crippen LogP contribution is 2.29. The van der Waals surface area contributed by atoms with Crippen molar-refractivity contribution in [3.05, 3.63) is 28.3 Å². The van der Waals surface area contributed by atoms with E-state index < -0.39 is 40.9 Å². The number of aliphatic carboxylic acids is 1. The molecule has 0 unspecified atom stereocenters. The summed E-state index contributed by atoms with van der Waals surface area (Å²) in [5.74, 6) is -2.37. The molecule has 0 amide bonds. The van der Waals surface area contributed by atoms with Gasteiger partial charge in [0.1, 0.15) is 11.5 Å². The predicted molar refractivity (Wildman–Crippen MR) is 45.5 cm³/mol. The van der Waals surface area contributed by atoms with Gasteiger partial charge in [-0.1, -0.05) is 11.6 Å². The van der Waals surface area contributed by atoms with Crippen molar-refractivity contribution in [2.45, 2.75) is 12.8 Å². The van der Waals surface area contributed by atoms with E-state index in [4.69, 9.17) is 16.7 Å². The standard InChI is InChI=1S/C8H5ClF3NO2/c9-6-3(1-5(14)15)4(10)2-13-7(6)8(11)12/h2,8H,1H2,(H,14,15). The summed E-state index contributed by atoms with van der Waals surface area (Å²) in [6, 6.07) is 0. The molecule has 1 N–H and O–H groups in total. The zero-order valence-electron chi connectivity index (χ0n) is 7.18. The summed E-state index contributed by atoms with van der Waals surface area (Å²) in [7, 11) is 0. The van der Waals surface area contributed by atoms with Crippen molar-refractivity contribution < 1.29 is 23.1 Å². The van der Waals surface area contributed by atoms with Gasteiger partial charge in [0.05, 0.1) is 17.6 Å². The zero-order chi connectivity index (χ0) is 11.6. The molecule has 3 nitrogen and oxygen atoms in total. The average Bonchev–Trinajstić information content (AvgIpc) is 2.11. The number of rotatable bonds is 3. The average molecular weight is 240 g/mol. The van der Waals surface area contributed by atoms with E-state index in [2.05, 4.69) is 4.98 Å². The Hall–Kier alpha value is -1.30. The van der Waals surface area contributed by atoms with Gasteiger partial charge in [-0.15, -0.1) is 0 Å². The number of nitrogens with zero attached hydrogens (tertiary/aromatic N) is 1. The first-order chi connectivity index (χ1) is 6.93. The van der Waals surface area contributed by atoms with Crippen LogP contribution >= 0.6 is 11.6 Å². The normalized spacial score (nSPS) is 10.7. The minimum absolute atomic E-state index is 0.477. The molecule has 1 aromatic heterocycles. The molecule has 0 bridgehead atoms. The molecule has 0 aliphatic rings. The third kappa shape index (κ3) is 2.59. The first kappa shape index (κ1) is 11.8. The highest BCUT2D eigenvalue weighted by molar-refractivity contribution is 6.32. The van der Waals surface area contributed by atoms with E-state index in [1.165, 1.54) is 0 Å². The Balaban J connectivity index is 3.23. The van der Waals surface area contributed by atoms with Gasteiger partial charge >= 0.3 is 5.97 Å². The number of pyridine rings is 1. The Morgan fingerprint density at radius 1 is 1.60 bits per heavy atom. The lowest BCUT2D eigenvalue weighted by Crippen LogP contribution is -2.06. The van der Waals surface area contributed by atoms with Crippen LogP contribution in [0.5, 0.6) is 0 Å². The number of halogens is 4. The number of hydrogen-bond donors (Lipinski definition) is 1. The Morgan fingerprint density at radius 3 is 2.67 bits per heavy atom. The molecule has 0 fully saturated rings. The second-order valence-electron chi connectivity index (χ2n) is 2.66. The van der Waals surface area contributed by atoms with E-state index >= 15 is 0 Å². The van der Waals surface area contributed by atoms with Gasteiger partial charge in [0.2, 0.25) is 0 Å². The van der Waals surface area contributed by atoms with Crippen LogP contribution < -0.4 is 0 Å². The first-order valence-corrected chi connectivity index (χ1v) is 4.14. The maximum atomic E-state index is 13.0. The maximum absolute atomic E-state index is 13.0. The summed E-state index contributed by atoms with van der Waals surface area (Å²) in [4.78, 5) is 13.4. The molecule has 1 aromatic rings. The molecular weight excluding hydrogens is 235 g/mol. The van der Waals surface area contributed by atoms with Crippen molar-refractivity contribution in [3.8, 4) is 0 Å². The Labute approximate surface area is 87.5 Å². The number of carboxylic acids is 1. The van der Waals surface area contributed by atoms with Gasteiger partial charge in [0.25, 0.3) is 6.43 Å². The van der Waals surface area contributed by atoms with Crippen molar-refractivity contribution >= 4 is 17.6 Å². The van der Waals surface area contributed by atoms with E-state index in [1.807, 2.05) is 0 Å². The van der Waals surface area contributed by atoms with Crippen LogP contribution in [0, 0.1) is 5.82 Å². The summed E-state index contributed by atoms with van der Waals surface area (Å²) < 4.78 is 37.5. The van der Waals surface area contributed by atoms with Crippen LogP contribution in [0.15, 0.2) is 6.20 Å². The second-order valence-corrected chi connectivity index (χ2v) is 3.03. The molecule has 0 saturated heterocycles. The molecule has 82 valence electrons. The molecular formula is C8H5ClF3NO2. The van der Waals surface area contributed by atoms with Gasteiger partial charge in [-0.25, -0.2) is 13.2 Å². The summed E-state index contributed by atoms with van der Waals surface area (Å²) in [5, 5.41) is 7.78. The third-order valence-corrected chi connectivity index (χ3v) is 2.05. The summed E-state index contributed by atoms with van der Waals surface area (Å²) in [6.45, 7) is 0. The molecule has 1 rings (SSSR count). The van der Waals surface area contributed by atoms with Crippen LogP contribution in [0.25, 0.3) is 0 Å². The second kappa shape index (κ2) is 4.48. The molecule has 1 heterocycles. The largest absolute Gasteiger partial charge is 0.481 e. The van der Waals surface area contributed by atoms with Crippen molar-refractivity contribution in [3.63, 3.8) is 0 Å². The Kier molecular flexibility index (Phi) is 3.52. The van der Waals surface area contributed by atoms with E-state index in [9.17, 15) is 18.0 Å². The van der Waals surface area contributed by atoms with E-state index in [1.54, 1.807) is 0 Å². The smallest absolute Gasteiger partial charge is 0.307 e. The molecule has 7 heteroatoms. The van der Waals surface area contributed by atoms with E-state index in [0.29, 0.717) is 6.20 Å². The van der Waals surface area contributed by atoms with Crippen molar-refractivity contribution in [1.82, 2.24) is 4.98 Å². The maximum Gasteiger partial charge on any atom is 0.307 e. The topological polar surface area (TPSA) is 50.2 Å². The van der Waals surface area contributed by atoms with Crippen LogP contribution in [0.2, 0.25) is 5.02 Å². The number of carbonyl (C=O) groups is 1. The summed E-state index contributed by atoms with van der Waals surface area (Å²) >= 11 is 5.41. The molecule has 0 atom stereocenters. The van der Waals surface area contributed by atoms with Crippen LogP contribution in [0.4, 0.5) is 13.2 Å². The lowest BCUT2D eigenvalue weighted by Gasteiger charge is -2.07. The SMILES string of the molecule is O=C(O)Cc1c(F)cnc(C(F)F)c1Cl. The summed E-state index contributed by atoms with van der Waals surface area (Å²) in [6.07, 6.45) is -3.19.